The van der Waals surface area contributed by atoms with E-state index < -0.39 is 0 Å². The predicted octanol–water partition coefficient (Wildman–Crippen LogP) is 5.46. The monoisotopic (exact) mass is 329 g/mol. The molecule has 1 fully saturated rings. The number of halogens is 2. The van der Waals surface area contributed by atoms with Crippen LogP contribution >= 0.6 is 27.5 Å². The Balaban J connectivity index is 1.90. The smallest absolute Gasteiger partial charge is 0.0410 e. The fourth-order valence-corrected chi connectivity index (χ4v) is 3.57. The molecular weight excluding hydrogens is 310 g/mol. The van der Waals surface area contributed by atoms with Crippen molar-refractivity contribution in [2.24, 2.45) is 11.7 Å². The van der Waals surface area contributed by atoms with Gasteiger partial charge >= 0.3 is 0 Å². The van der Waals surface area contributed by atoms with Crippen LogP contribution in [0.2, 0.25) is 5.02 Å². The Bertz CT molecular complexity index is 388. The molecule has 0 bridgehead atoms. The third-order valence-electron chi connectivity index (χ3n) is 3.97. The summed E-state index contributed by atoms with van der Waals surface area (Å²) in [7, 11) is 0. The number of hydrogen-bond acceptors (Lipinski definition) is 1. The lowest BCUT2D eigenvalue weighted by molar-refractivity contribution is 0.324. The summed E-state index contributed by atoms with van der Waals surface area (Å²) in [6, 6.07) is 5.96. The van der Waals surface area contributed by atoms with Crippen molar-refractivity contribution in [3.05, 3.63) is 33.3 Å². The van der Waals surface area contributed by atoms with E-state index in [9.17, 15) is 0 Å². The average Bonchev–Trinajstić information content (AvgIpc) is 2.40. The fourth-order valence-electron chi connectivity index (χ4n) is 2.85. The summed E-state index contributed by atoms with van der Waals surface area (Å²) in [6.45, 7) is 0. The van der Waals surface area contributed by atoms with Crippen LogP contribution < -0.4 is 5.73 Å². The maximum Gasteiger partial charge on any atom is 0.0410 e. The molecule has 1 aromatic rings. The van der Waals surface area contributed by atoms with Crippen LogP contribution in [0.5, 0.6) is 0 Å². The van der Waals surface area contributed by atoms with Gasteiger partial charge in [0.15, 0.2) is 0 Å². The van der Waals surface area contributed by atoms with Crippen molar-refractivity contribution >= 4 is 27.5 Å². The van der Waals surface area contributed by atoms with E-state index in [0.29, 0.717) is 0 Å². The molecule has 1 aliphatic rings. The third-order valence-corrected chi connectivity index (χ3v) is 4.93. The molecular formula is C15H21BrClN. The van der Waals surface area contributed by atoms with Gasteiger partial charge in [-0.15, -0.1) is 0 Å². The zero-order chi connectivity index (χ0) is 13.0. The highest BCUT2D eigenvalue weighted by Crippen LogP contribution is 2.32. The second kappa shape index (κ2) is 6.93. The number of benzene rings is 1. The topological polar surface area (TPSA) is 26.0 Å². The van der Waals surface area contributed by atoms with Crippen LogP contribution in [-0.2, 0) is 0 Å². The molecule has 2 N–H and O–H groups in total. The van der Waals surface area contributed by atoms with Crippen molar-refractivity contribution in [3.8, 4) is 0 Å². The van der Waals surface area contributed by atoms with Crippen LogP contribution in [0.25, 0.3) is 0 Å². The van der Waals surface area contributed by atoms with Gasteiger partial charge in [-0.3, -0.25) is 0 Å². The van der Waals surface area contributed by atoms with E-state index in [-0.39, 0.29) is 6.04 Å². The first-order valence-electron chi connectivity index (χ1n) is 6.87. The number of hydrogen-bond donors (Lipinski definition) is 1. The predicted molar refractivity (Wildman–Crippen MR) is 81.9 cm³/mol. The molecule has 0 aliphatic heterocycles. The van der Waals surface area contributed by atoms with Gasteiger partial charge in [-0.05, 0) is 42.5 Å². The summed E-state index contributed by atoms with van der Waals surface area (Å²) in [4.78, 5) is 0. The summed E-state index contributed by atoms with van der Waals surface area (Å²) in [5.74, 6) is 0.891. The minimum absolute atomic E-state index is 0.0972. The lowest BCUT2D eigenvalue weighted by atomic mass is 9.84. The zero-order valence-corrected chi connectivity index (χ0v) is 13.0. The Hall–Kier alpha value is -0.0500. The average molecular weight is 331 g/mol. The van der Waals surface area contributed by atoms with Crippen molar-refractivity contribution in [2.75, 3.05) is 0 Å². The van der Waals surface area contributed by atoms with Crippen molar-refractivity contribution in [1.82, 2.24) is 0 Å². The SMILES string of the molecule is NC(CCC1CCCCC1)c1cc(Cl)ccc1Br. The van der Waals surface area contributed by atoms with E-state index in [1.165, 1.54) is 38.5 Å². The van der Waals surface area contributed by atoms with Gasteiger partial charge in [0.05, 0.1) is 0 Å². The molecule has 1 unspecified atom stereocenters. The van der Waals surface area contributed by atoms with E-state index in [1.54, 1.807) is 0 Å². The summed E-state index contributed by atoms with van der Waals surface area (Å²) in [5.41, 5.74) is 7.43. The van der Waals surface area contributed by atoms with E-state index in [1.807, 2.05) is 18.2 Å². The van der Waals surface area contributed by atoms with Gasteiger partial charge in [-0.25, -0.2) is 0 Å². The molecule has 2 rings (SSSR count). The van der Waals surface area contributed by atoms with E-state index in [2.05, 4.69) is 15.9 Å². The zero-order valence-electron chi connectivity index (χ0n) is 10.7. The van der Waals surface area contributed by atoms with Gasteiger partial charge in [0.25, 0.3) is 0 Å². The Morgan fingerprint density at radius 3 is 2.72 bits per heavy atom. The second-order valence-corrected chi connectivity index (χ2v) is 6.64. The molecule has 0 heterocycles. The minimum Gasteiger partial charge on any atom is -0.324 e. The molecule has 0 radical (unpaired) electrons. The van der Waals surface area contributed by atoms with Crippen LogP contribution in [0.1, 0.15) is 56.6 Å². The van der Waals surface area contributed by atoms with Crippen molar-refractivity contribution in [3.63, 3.8) is 0 Å². The third kappa shape index (κ3) is 3.97. The van der Waals surface area contributed by atoms with E-state index in [4.69, 9.17) is 17.3 Å². The first kappa shape index (κ1) is 14.4. The molecule has 1 aromatic carbocycles. The van der Waals surface area contributed by atoms with Crippen molar-refractivity contribution in [1.29, 1.82) is 0 Å². The highest BCUT2D eigenvalue weighted by molar-refractivity contribution is 9.10. The van der Waals surface area contributed by atoms with Crippen LogP contribution in [-0.4, -0.2) is 0 Å². The lowest BCUT2D eigenvalue weighted by Crippen LogP contribution is -2.14. The quantitative estimate of drug-likeness (QED) is 0.779. The maximum atomic E-state index is 6.29. The molecule has 0 saturated heterocycles. The standard InChI is InChI=1S/C15H21BrClN/c16-14-8-7-12(17)10-13(14)15(18)9-6-11-4-2-1-3-5-11/h7-8,10-11,15H,1-6,9,18H2. The molecule has 1 atom stereocenters. The minimum atomic E-state index is 0.0972. The van der Waals surface area contributed by atoms with E-state index >= 15 is 0 Å². The molecule has 0 amide bonds. The molecule has 18 heavy (non-hydrogen) atoms. The molecule has 100 valence electrons. The molecule has 1 saturated carbocycles. The van der Waals surface area contributed by atoms with Crippen molar-refractivity contribution in [2.45, 2.75) is 51.0 Å². The van der Waals surface area contributed by atoms with Gasteiger partial charge in [0, 0.05) is 15.5 Å². The van der Waals surface area contributed by atoms with Gasteiger partial charge in [0.2, 0.25) is 0 Å². The van der Waals surface area contributed by atoms with Gasteiger partial charge < -0.3 is 5.73 Å². The number of nitrogens with two attached hydrogens (primary N) is 1. The lowest BCUT2D eigenvalue weighted by Gasteiger charge is -2.23. The van der Waals surface area contributed by atoms with Crippen LogP contribution in [0, 0.1) is 5.92 Å². The largest absolute Gasteiger partial charge is 0.324 e. The normalized spacial score (nSPS) is 18.8. The van der Waals surface area contributed by atoms with Crippen LogP contribution in [0.15, 0.2) is 22.7 Å². The number of rotatable bonds is 4. The Kier molecular flexibility index (Phi) is 5.53. The van der Waals surface area contributed by atoms with Crippen molar-refractivity contribution < 1.29 is 0 Å². The molecule has 1 aliphatic carbocycles. The molecule has 0 aromatic heterocycles. The van der Waals surface area contributed by atoms with Gasteiger partial charge in [-0.1, -0.05) is 59.6 Å². The first-order valence-corrected chi connectivity index (χ1v) is 8.04. The molecule has 1 nitrogen and oxygen atoms in total. The Labute approximate surface area is 123 Å². The first-order chi connectivity index (χ1) is 8.66. The molecule has 3 heteroatoms. The van der Waals surface area contributed by atoms with Crippen LogP contribution in [0.3, 0.4) is 0 Å². The highest BCUT2D eigenvalue weighted by atomic mass is 79.9. The van der Waals surface area contributed by atoms with Gasteiger partial charge in [-0.2, -0.15) is 0 Å². The Morgan fingerprint density at radius 1 is 1.28 bits per heavy atom. The summed E-state index contributed by atoms with van der Waals surface area (Å²) < 4.78 is 1.07. The van der Waals surface area contributed by atoms with Crippen LogP contribution in [0.4, 0.5) is 0 Å². The second-order valence-electron chi connectivity index (χ2n) is 5.35. The maximum absolute atomic E-state index is 6.29. The van der Waals surface area contributed by atoms with Gasteiger partial charge in [0.1, 0.15) is 0 Å². The highest BCUT2D eigenvalue weighted by Gasteiger charge is 2.16. The summed E-state index contributed by atoms with van der Waals surface area (Å²) >= 11 is 9.59. The summed E-state index contributed by atoms with van der Waals surface area (Å²) in [5, 5.41) is 0.765. The summed E-state index contributed by atoms with van der Waals surface area (Å²) in [6.07, 6.45) is 9.32. The molecule has 0 spiro atoms. The fraction of sp³-hybridized carbons (Fsp3) is 0.600. The Morgan fingerprint density at radius 2 is 2.00 bits per heavy atom. The van der Waals surface area contributed by atoms with E-state index in [0.717, 1.165) is 27.4 Å².